The molecule has 44 heavy (non-hydrogen) atoms. The molecule has 11 heteroatoms. The first-order valence-electron chi connectivity index (χ1n) is 14.3. The van der Waals surface area contributed by atoms with Crippen LogP contribution in [0.2, 0.25) is 5.02 Å². The first-order valence-corrected chi connectivity index (χ1v) is 14.7. The lowest BCUT2D eigenvalue weighted by Crippen LogP contribution is -2.44. The van der Waals surface area contributed by atoms with E-state index in [4.69, 9.17) is 22.3 Å². The van der Waals surface area contributed by atoms with Crippen molar-refractivity contribution in [3.05, 3.63) is 106 Å². The van der Waals surface area contributed by atoms with Crippen molar-refractivity contribution < 1.29 is 4.79 Å². The number of hydrogen-bond acceptors (Lipinski definition) is 7. The monoisotopic (exact) mass is 608 g/mol. The van der Waals surface area contributed by atoms with Crippen LogP contribution in [0.3, 0.4) is 0 Å². The second kappa shape index (κ2) is 12.0. The predicted octanol–water partition coefficient (Wildman–Crippen LogP) is 4.85. The Hall–Kier alpha value is -4.93. The van der Waals surface area contributed by atoms with Crippen LogP contribution >= 0.6 is 11.6 Å². The molecule has 1 aliphatic heterocycles. The third-order valence-electron chi connectivity index (χ3n) is 8.06. The molecule has 0 unspecified atom stereocenters. The van der Waals surface area contributed by atoms with E-state index in [1.165, 1.54) is 4.68 Å². The van der Waals surface area contributed by atoms with Gasteiger partial charge >= 0.3 is 0 Å². The van der Waals surface area contributed by atoms with E-state index in [0.29, 0.717) is 33.6 Å². The summed E-state index contributed by atoms with van der Waals surface area (Å²) in [6.45, 7) is 5.74. The van der Waals surface area contributed by atoms with Crippen molar-refractivity contribution in [2.45, 2.75) is 6.92 Å². The Bertz CT molecular complexity index is 1910. The summed E-state index contributed by atoms with van der Waals surface area (Å²) in [5.41, 5.74) is 11.6. The quantitative estimate of drug-likeness (QED) is 0.283. The van der Waals surface area contributed by atoms with Gasteiger partial charge in [0.1, 0.15) is 17.1 Å². The number of nitrogens with zero attached hydrogens (tertiary/aromatic N) is 6. The molecular formula is C33H33ClN8O2. The molecule has 0 aliphatic carbocycles. The molecule has 0 spiro atoms. The van der Waals surface area contributed by atoms with Gasteiger partial charge in [0.2, 0.25) is 0 Å². The summed E-state index contributed by atoms with van der Waals surface area (Å²) in [6.07, 6.45) is 1.69. The minimum Gasteiger partial charge on any atom is -0.382 e. The van der Waals surface area contributed by atoms with Gasteiger partial charge < -0.3 is 20.9 Å². The second-order valence-corrected chi connectivity index (χ2v) is 11.4. The number of carbonyl (C=O) groups excluding carboxylic acids is 1. The number of rotatable bonds is 6. The molecule has 1 saturated heterocycles. The van der Waals surface area contributed by atoms with Crippen LogP contribution in [0, 0.1) is 6.92 Å². The van der Waals surface area contributed by atoms with Crippen LogP contribution in [-0.4, -0.2) is 63.4 Å². The van der Waals surface area contributed by atoms with E-state index < -0.39 is 11.5 Å². The van der Waals surface area contributed by atoms with E-state index in [1.54, 1.807) is 61.2 Å². The summed E-state index contributed by atoms with van der Waals surface area (Å²) in [4.78, 5) is 40.6. The third kappa shape index (κ3) is 5.69. The number of carbonyl (C=O) groups is 1. The van der Waals surface area contributed by atoms with Gasteiger partial charge in [-0.1, -0.05) is 41.9 Å². The summed E-state index contributed by atoms with van der Waals surface area (Å²) in [6, 6.07) is 22.4. The van der Waals surface area contributed by atoms with Gasteiger partial charge in [-0.25, -0.2) is 14.6 Å². The smallest absolute Gasteiger partial charge is 0.284 e. The van der Waals surface area contributed by atoms with Gasteiger partial charge in [0.05, 0.1) is 23.3 Å². The Balaban J connectivity index is 1.22. The van der Waals surface area contributed by atoms with E-state index in [-0.39, 0.29) is 5.56 Å². The van der Waals surface area contributed by atoms with Crippen LogP contribution in [0.25, 0.3) is 28.2 Å². The summed E-state index contributed by atoms with van der Waals surface area (Å²) in [5, 5.41) is 3.34. The highest BCUT2D eigenvalue weighted by atomic mass is 35.5. The fraction of sp³-hybridized carbons (Fsp3) is 0.212. The summed E-state index contributed by atoms with van der Waals surface area (Å²) in [5.74, 6) is -0.194. The van der Waals surface area contributed by atoms with Gasteiger partial charge in [-0.15, -0.1) is 0 Å². The van der Waals surface area contributed by atoms with Crippen LogP contribution in [-0.2, 0) is 7.05 Å². The maximum absolute atomic E-state index is 13.3. The normalized spacial score (nSPS) is 13.7. The van der Waals surface area contributed by atoms with Crippen LogP contribution in [0.5, 0.6) is 0 Å². The molecule has 1 amide bonds. The Kier molecular flexibility index (Phi) is 7.94. The highest BCUT2D eigenvalue weighted by Crippen LogP contribution is 2.29. The molecule has 3 heterocycles. The number of hydrogen-bond donors (Lipinski definition) is 2. The molecule has 3 aromatic carbocycles. The highest BCUT2D eigenvalue weighted by molar-refractivity contribution is 6.30. The van der Waals surface area contributed by atoms with Crippen molar-refractivity contribution in [1.29, 1.82) is 0 Å². The molecule has 10 nitrogen and oxygen atoms in total. The fourth-order valence-electron chi connectivity index (χ4n) is 5.45. The van der Waals surface area contributed by atoms with Crippen molar-refractivity contribution in [3.8, 4) is 28.2 Å². The Morgan fingerprint density at radius 1 is 0.909 bits per heavy atom. The SMILES string of the molecule is Cc1c(C(=O)Nc2ccc(-c3nc(-c4cccc(N5CCN(C)CC5)c4)cnc3N)cc2)c(=O)n(-c2cccc(Cl)c2)n1C. The maximum Gasteiger partial charge on any atom is 0.284 e. The Labute approximate surface area is 260 Å². The molecule has 1 aliphatic rings. The maximum atomic E-state index is 13.3. The van der Waals surface area contributed by atoms with Gasteiger partial charge in [0.15, 0.2) is 0 Å². The molecule has 1 fully saturated rings. The largest absolute Gasteiger partial charge is 0.382 e. The number of nitrogens with two attached hydrogens (primary N) is 1. The van der Waals surface area contributed by atoms with Crippen molar-refractivity contribution in [1.82, 2.24) is 24.2 Å². The van der Waals surface area contributed by atoms with Crippen LogP contribution in [0.4, 0.5) is 17.2 Å². The third-order valence-corrected chi connectivity index (χ3v) is 8.30. The fourth-order valence-corrected chi connectivity index (χ4v) is 5.63. The van der Waals surface area contributed by atoms with Gasteiger partial charge in [-0.2, -0.15) is 0 Å². The highest BCUT2D eigenvalue weighted by Gasteiger charge is 2.23. The molecule has 0 radical (unpaired) electrons. The van der Waals surface area contributed by atoms with Crippen molar-refractivity contribution in [3.63, 3.8) is 0 Å². The van der Waals surface area contributed by atoms with Crippen LogP contribution < -0.4 is 21.5 Å². The van der Waals surface area contributed by atoms with Crippen molar-refractivity contribution in [2.75, 3.05) is 49.2 Å². The molecule has 5 aromatic rings. The minimum atomic E-state index is -0.502. The molecular weight excluding hydrogens is 576 g/mol. The van der Waals surface area contributed by atoms with E-state index in [0.717, 1.165) is 48.7 Å². The number of amides is 1. The summed E-state index contributed by atoms with van der Waals surface area (Å²) < 4.78 is 3.07. The zero-order valence-corrected chi connectivity index (χ0v) is 25.5. The zero-order valence-electron chi connectivity index (χ0n) is 24.8. The van der Waals surface area contributed by atoms with E-state index in [2.05, 4.69) is 39.3 Å². The first-order chi connectivity index (χ1) is 21.2. The number of halogens is 1. The van der Waals surface area contributed by atoms with Gasteiger partial charge in [0, 0.05) is 60.8 Å². The molecule has 3 N–H and O–H groups in total. The Morgan fingerprint density at radius 3 is 2.34 bits per heavy atom. The van der Waals surface area contributed by atoms with Gasteiger partial charge in [0.25, 0.3) is 11.5 Å². The lowest BCUT2D eigenvalue weighted by Gasteiger charge is -2.34. The van der Waals surface area contributed by atoms with Gasteiger partial charge in [-0.3, -0.25) is 14.3 Å². The standard InChI is InChI=1S/C33H33ClN8O2/c1-21-29(33(44)42(40(21)3)27-9-5-7-24(34)19-27)32(43)37-25-12-10-22(11-13-25)30-31(35)36-20-28(38-30)23-6-4-8-26(18-23)41-16-14-39(2)15-17-41/h4-13,18-20H,14-17H2,1-3H3,(H2,35,36)(H,37,43). The molecule has 6 rings (SSSR count). The Morgan fingerprint density at radius 2 is 1.61 bits per heavy atom. The predicted molar refractivity (Wildman–Crippen MR) is 176 cm³/mol. The second-order valence-electron chi connectivity index (χ2n) is 10.9. The molecule has 0 bridgehead atoms. The van der Waals surface area contributed by atoms with Crippen molar-refractivity contribution in [2.24, 2.45) is 7.05 Å². The van der Waals surface area contributed by atoms with E-state index in [1.807, 2.05) is 24.3 Å². The van der Waals surface area contributed by atoms with Crippen LogP contribution in [0.15, 0.2) is 83.8 Å². The molecule has 0 saturated carbocycles. The lowest BCUT2D eigenvalue weighted by atomic mass is 10.1. The summed E-state index contributed by atoms with van der Waals surface area (Å²) in [7, 11) is 3.87. The average molecular weight is 609 g/mol. The molecule has 2 aromatic heterocycles. The number of nitrogen functional groups attached to an aromatic ring is 1. The minimum absolute atomic E-state index is 0.0539. The number of nitrogens with one attached hydrogen (secondary N) is 1. The number of aromatic nitrogens is 4. The summed E-state index contributed by atoms with van der Waals surface area (Å²) >= 11 is 6.14. The van der Waals surface area contributed by atoms with E-state index >= 15 is 0 Å². The number of likely N-dealkylation sites (N-methyl/N-ethyl adjacent to an activating group) is 1. The number of piperazine rings is 1. The van der Waals surface area contributed by atoms with Gasteiger partial charge in [-0.05, 0) is 56.4 Å². The lowest BCUT2D eigenvalue weighted by molar-refractivity contribution is 0.102. The molecule has 224 valence electrons. The number of anilines is 3. The van der Waals surface area contributed by atoms with Crippen LogP contribution in [0.1, 0.15) is 16.1 Å². The topological polar surface area (TPSA) is 114 Å². The van der Waals surface area contributed by atoms with Crippen molar-refractivity contribution >= 4 is 34.7 Å². The van der Waals surface area contributed by atoms with E-state index in [9.17, 15) is 9.59 Å². The number of benzene rings is 3. The zero-order chi connectivity index (χ0) is 31.0. The average Bonchev–Trinajstić information content (AvgIpc) is 3.25. The first kappa shape index (κ1) is 29.2. The molecule has 0 atom stereocenters.